The fourth-order valence-corrected chi connectivity index (χ4v) is 3.59. The molecule has 0 atom stereocenters. The molecule has 1 fully saturated rings. The fraction of sp³-hybridized carbons (Fsp3) is 1.00. The molecule has 0 heterocycles. The van der Waals surface area contributed by atoms with Crippen LogP contribution in [-0.4, -0.2) is 51.3 Å². The molecule has 0 spiro atoms. The van der Waals surface area contributed by atoms with Gasteiger partial charge in [-0.15, -0.1) is 0 Å². The highest BCUT2D eigenvalue weighted by molar-refractivity contribution is 4.89. The van der Waals surface area contributed by atoms with Crippen molar-refractivity contribution in [3.8, 4) is 0 Å². The van der Waals surface area contributed by atoms with Crippen LogP contribution in [0.1, 0.15) is 53.4 Å². The Bertz CT molecular complexity index is 260. The maximum Gasteiger partial charge on any atom is 0.0587 e. The smallest absolute Gasteiger partial charge is 0.0587 e. The average molecular weight is 299 g/mol. The minimum Gasteiger partial charge on any atom is -0.383 e. The molecule has 3 nitrogen and oxygen atoms in total. The summed E-state index contributed by atoms with van der Waals surface area (Å²) in [6, 6.07) is 0. The van der Waals surface area contributed by atoms with E-state index < -0.39 is 0 Å². The first-order valence-electron chi connectivity index (χ1n) is 8.93. The van der Waals surface area contributed by atoms with Gasteiger partial charge in [0.05, 0.1) is 6.61 Å². The maximum atomic E-state index is 5.16. The molecule has 0 saturated heterocycles. The number of rotatable bonds is 10. The molecule has 126 valence electrons. The lowest BCUT2D eigenvalue weighted by Gasteiger charge is -2.43. The molecule has 0 aromatic rings. The first kappa shape index (κ1) is 18.9. The van der Waals surface area contributed by atoms with Gasteiger partial charge in [0, 0.05) is 33.3 Å². The Kier molecular flexibility index (Phi) is 8.84. The molecular formula is C18H38N2O. The molecule has 1 rings (SSSR count). The quantitative estimate of drug-likeness (QED) is 0.626. The second-order valence-corrected chi connectivity index (χ2v) is 7.57. The summed E-state index contributed by atoms with van der Waals surface area (Å²) in [6.45, 7) is 16.0. The van der Waals surface area contributed by atoms with Crippen molar-refractivity contribution in [3.05, 3.63) is 0 Å². The summed E-state index contributed by atoms with van der Waals surface area (Å²) in [5.41, 5.74) is 0.477. The zero-order valence-electron chi connectivity index (χ0n) is 15.1. The van der Waals surface area contributed by atoms with Gasteiger partial charge in [-0.1, -0.05) is 40.5 Å². The second kappa shape index (κ2) is 9.81. The van der Waals surface area contributed by atoms with Gasteiger partial charge in [-0.25, -0.2) is 0 Å². The number of hydrogen-bond donors (Lipinski definition) is 1. The van der Waals surface area contributed by atoms with Crippen molar-refractivity contribution in [3.63, 3.8) is 0 Å². The van der Waals surface area contributed by atoms with Crippen LogP contribution in [0.15, 0.2) is 0 Å². The molecule has 0 aromatic heterocycles. The highest BCUT2D eigenvalue weighted by atomic mass is 16.5. The number of methoxy groups -OCH3 is 1. The first-order valence-corrected chi connectivity index (χ1v) is 8.93. The third-order valence-corrected chi connectivity index (χ3v) is 4.95. The molecule has 3 heteroatoms. The normalized spacial score (nSPS) is 26.7. The predicted octanol–water partition coefficient (Wildman–Crippen LogP) is 3.40. The summed E-state index contributed by atoms with van der Waals surface area (Å²) in [4.78, 5) is 2.67. The van der Waals surface area contributed by atoms with Crippen LogP contribution in [0.3, 0.4) is 0 Å². The molecule has 21 heavy (non-hydrogen) atoms. The Morgan fingerprint density at radius 2 is 1.95 bits per heavy atom. The summed E-state index contributed by atoms with van der Waals surface area (Å²) < 4.78 is 5.16. The summed E-state index contributed by atoms with van der Waals surface area (Å²) >= 11 is 0. The molecule has 1 N–H and O–H groups in total. The zero-order valence-corrected chi connectivity index (χ0v) is 15.1. The van der Waals surface area contributed by atoms with Crippen molar-refractivity contribution in [1.82, 2.24) is 10.2 Å². The lowest BCUT2D eigenvalue weighted by Crippen LogP contribution is -2.47. The molecule has 0 radical (unpaired) electrons. The van der Waals surface area contributed by atoms with Crippen LogP contribution >= 0.6 is 0 Å². The van der Waals surface area contributed by atoms with Crippen molar-refractivity contribution in [2.45, 2.75) is 53.4 Å². The van der Waals surface area contributed by atoms with Crippen LogP contribution in [0.2, 0.25) is 0 Å². The third kappa shape index (κ3) is 7.12. The van der Waals surface area contributed by atoms with Crippen molar-refractivity contribution in [2.75, 3.05) is 46.4 Å². The van der Waals surface area contributed by atoms with E-state index in [-0.39, 0.29) is 0 Å². The summed E-state index contributed by atoms with van der Waals surface area (Å²) in [6.07, 6.45) is 5.54. The zero-order chi connectivity index (χ0) is 15.7. The average Bonchev–Trinajstić information content (AvgIpc) is 2.46. The number of nitrogens with one attached hydrogen (secondary N) is 1. The Labute approximate surface area is 132 Å². The second-order valence-electron chi connectivity index (χ2n) is 7.57. The molecule has 0 amide bonds. The van der Waals surface area contributed by atoms with Gasteiger partial charge in [0.1, 0.15) is 0 Å². The largest absolute Gasteiger partial charge is 0.383 e. The van der Waals surface area contributed by atoms with E-state index in [1.165, 1.54) is 45.3 Å². The first-order chi connectivity index (χ1) is 10.0. The Morgan fingerprint density at radius 3 is 2.48 bits per heavy atom. The van der Waals surface area contributed by atoms with Crippen molar-refractivity contribution in [2.24, 2.45) is 17.3 Å². The Hall–Kier alpha value is -0.120. The van der Waals surface area contributed by atoms with Crippen molar-refractivity contribution >= 4 is 0 Å². The molecular weight excluding hydrogens is 260 g/mol. The van der Waals surface area contributed by atoms with Gasteiger partial charge in [0.2, 0.25) is 0 Å². The minimum atomic E-state index is 0.477. The monoisotopic (exact) mass is 298 g/mol. The van der Waals surface area contributed by atoms with Gasteiger partial charge in [-0.2, -0.15) is 0 Å². The van der Waals surface area contributed by atoms with Crippen LogP contribution < -0.4 is 5.32 Å². The van der Waals surface area contributed by atoms with E-state index in [0.717, 1.165) is 31.5 Å². The summed E-state index contributed by atoms with van der Waals surface area (Å²) in [5, 5.41) is 3.64. The van der Waals surface area contributed by atoms with Gasteiger partial charge >= 0.3 is 0 Å². The highest BCUT2D eigenvalue weighted by Crippen LogP contribution is 2.39. The molecule has 1 saturated carbocycles. The van der Waals surface area contributed by atoms with E-state index in [1.54, 1.807) is 7.11 Å². The third-order valence-electron chi connectivity index (χ3n) is 4.95. The van der Waals surface area contributed by atoms with E-state index >= 15 is 0 Å². The summed E-state index contributed by atoms with van der Waals surface area (Å²) in [7, 11) is 1.78. The molecule has 0 aliphatic heterocycles. The van der Waals surface area contributed by atoms with E-state index in [0.29, 0.717) is 5.41 Å². The molecule has 0 bridgehead atoms. The van der Waals surface area contributed by atoms with E-state index in [4.69, 9.17) is 4.74 Å². The van der Waals surface area contributed by atoms with Crippen LogP contribution in [0.5, 0.6) is 0 Å². The highest BCUT2D eigenvalue weighted by Gasteiger charge is 2.35. The molecule has 0 unspecified atom stereocenters. The Morgan fingerprint density at radius 1 is 1.29 bits per heavy atom. The number of hydrogen-bond acceptors (Lipinski definition) is 3. The van der Waals surface area contributed by atoms with Gasteiger partial charge in [-0.3, -0.25) is 0 Å². The molecule has 0 aromatic carbocycles. The topological polar surface area (TPSA) is 24.5 Å². The van der Waals surface area contributed by atoms with Crippen LogP contribution in [-0.2, 0) is 4.74 Å². The van der Waals surface area contributed by atoms with E-state index in [1.807, 2.05) is 0 Å². The lowest BCUT2D eigenvalue weighted by atomic mass is 9.70. The number of nitrogens with zero attached hydrogens (tertiary/aromatic N) is 1. The van der Waals surface area contributed by atoms with E-state index in [2.05, 4.69) is 37.9 Å². The van der Waals surface area contributed by atoms with Gasteiger partial charge < -0.3 is 15.0 Å². The van der Waals surface area contributed by atoms with Crippen molar-refractivity contribution < 1.29 is 4.74 Å². The van der Waals surface area contributed by atoms with Crippen LogP contribution in [0, 0.1) is 17.3 Å². The summed E-state index contributed by atoms with van der Waals surface area (Å²) in [5.74, 6) is 1.67. The van der Waals surface area contributed by atoms with Gasteiger partial charge in [-0.05, 0) is 36.6 Å². The van der Waals surface area contributed by atoms with E-state index in [9.17, 15) is 0 Å². The van der Waals surface area contributed by atoms with Crippen LogP contribution in [0.4, 0.5) is 0 Å². The van der Waals surface area contributed by atoms with Gasteiger partial charge in [0.25, 0.3) is 0 Å². The lowest BCUT2D eigenvalue weighted by molar-refractivity contribution is 0.0806. The SMILES string of the molecule is CCN(CC(C)C)CC1(CNCCOC)CCC(C)CC1. The maximum absolute atomic E-state index is 5.16. The number of ether oxygens (including phenoxy) is 1. The molecule has 1 aliphatic rings. The molecule has 1 aliphatic carbocycles. The Balaban J connectivity index is 2.58. The minimum absolute atomic E-state index is 0.477. The van der Waals surface area contributed by atoms with Gasteiger partial charge in [0.15, 0.2) is 0 Å². The predicted molar refractivity (Wildman–Crippen MR) is 91.8 cm³/mol. The fourth-order valence-electron chi connectivity index (χ4n) is 3.59. The van der Waals surface area contributed by atoms with Crippen molar-refractivity contribution in [1.29, 1.82) is 0 Å². The van der Waals surface area contributed by atoms with Crippen LogP contribution in [0.25, 0.3) is 0 Å². The standard InChI is InChI=1S/C18H38N2O/c1-6-20(13-16(2)3)15-18(14-19-11-12-21-5)9-7-17(4)8-10-18/h16-17,19H,6-15H2,1-5H3.